The quantitative estimate of drug-likeness (QED) is 0.776. The molecule has 2 N–H and O–H groups in total. The van der Waals surface area contributed by atoms with Crippen molar-refractivity contribution in [3.05, 3.63) is 24.5 Å². The van der Waals surface area contributed by atoms with Crippen LogP contribution >= 0.6 is 0 Å². The fourth-order valence-corrected chi connectivity index (χ4v) is 5.14. The van der Waals surface area contributed by atoms with Crippen LogP contribution in [0, 0.1) is 5.92 Å². The van der Waals surface area contributed by atoms with Crippen molar-refractivity contribution in [2.75, 3.05) is 19.7 Å². The van der Waals surface area contributed by atoms with Crippen molar-refractivity contribution in [2.24, 2.45) is 5.92 Å². The van der Waals surface area contributed by atoms with Crippen LogP contribution in [0.1, 0.15) is 12.8 Å². The molecule has 0 spiro atoms. The molecule has 0 radical (unpaired) electrons. The minimum Gasteiger partial charge on any atom is -0.490 e. The van der Waals surface area contributed by atoms with Gasteiger partial charge in [-0.15, -0.1) is 0 Å². The summed E-state index contributed by atoms with van der Waals surface area (Å²) >= 11 is 0. The summed E-state index contributed by atoms with van der Waals surface area (Å²) in [6, 6.07) is 3.96. The summed E-state index contributed by atoms with van der Waals surface area (Å²) in [6.45, 7) is 1.63. The number of aromatic nitrogens is 1. The summed E-state index contributed by atoms with van der Waals surface area (Å²) < 4.78 is 32.1. The third-order valence-corrected chi connectivity index (χ3v) is 7.00. The molecule has 0 amide bonds. The maximum Gasteiger partial charge on any atom is 0.217 e. The molecule has 3 unspecified atom stereocenters. The smallest absolute Gasteiger partial charge is 0.217 e. The highest BCUT2D eigenvalue weighted by Crippen LogP contribution is 2.35. The van der Waals surface area contributed by atoms with Crippen LogP contribution in [-0.4, -0.2) is 54.7 Å². The Morgan fingerprint density at radius 3 is 2.91 bits per heavy atom. The maximum atomic E-state index is 12.4. The van der Waals surface area contributed by atoms with Gasteiger partial charge in [-0.1, -0.05) is 0 Å². The molecule has 120 valence electrons. The number of nitrogens with zero attached hydrogens (tertiary/aromatic N) is 2. The lowest BCUT2D eigenvalue weighted by molar-refractivity contribution is 0.242. The van der Waals surface area contributed by atoms with Crippen molar-refractivity contribution in [3.63, 3.8) is 0 Å². The Balaban J connectivity index is 1.38. The zero-order chi connectivity index (χ0) is 15.2. The van der Waals surface area contributed by atoms with E-state index in [0.717, 1.165) is 18.6 Å². The van der Waals surface area contributed by atoms with E-state index in [-0.39, 0.29) is 23.3 Å². The van der Waals surface area contributed by atoms with E-state index in [9.17, 15) is 8.42 Å². The average molecular weight is 324 g/mol. The summed E-state index contributed by atoms with van der Waals surface area (Å²) in [7, 11) is -3.08. The van der Waals surface area contributed by atoms with E-state index in [1.54, 1.807) is 16.7 Å². The zero-order valence-corrected chi connectivity index (χ0v) is 13.0. The van der Waals surface area contributed by atoms with Gasteiger partial charge in [-0.3, -0.25) is 15.8 Å². The van der Waals surface area contributed by atoms with E-state index in [4.69, 9.17) is 4.74 Å². The van der Waals surface area contributed by atoms with E-state index in [0.29, 0.717) is 19.7 Å². The number of pyridine rings is 1. The van der Waals surface area contributed by atoms with Crippen molar-refractivity contribution in [1.29, 1.82) is 0 Å². The largest absolute Gasteiger partial charge is 0.490 e. The highest BCUT2D eigenvalue weighted by molar-refractivity contribution is 7.90. The van der Waals surface area contributed by atoms with Gasteiger partial charge < -0.3 is 4.74 Å². The van der Waals surface area contributed by atoms with Gasteiger partial charge in [-0.2, -0.15) is 4.31 Å². The molecule has 3 atom stereocenters. The molecular weight excluding hydrogens is 304 g/mol. The maximum absolute atomic E-state index is 12.4. The highest BCUT2D eigenvalue weighted by Gasteiger charge is 2.49. The number of rotatable bonds is 5. The third-order valence-electron chi connectivity index (χ3n) is 4.67. The summed E-state index contributed by atoms with van der Waals surface area (Å²) in [5.41, 5.74) is 6.44. The first kappa shape index (κ1) is 14.4. The van der Waals surface area contributed by atoms with E-state index in [2.05, 4.69) is 15.8 Å². The number of nitrogens with one attached hydrogen (secondary N) is 2. The summed E-state index contributed by atoms with van der Waals surface area (Å²) in [4.78, 5) is 4.02. The fourth-order valence-electron chi connectivity index (χ4n) is 3.24. The monoisotopic (exact) mass is 324 g/mol. The Labute approximate surface area is 130 Å². The second-order valence-electron chi connectivity index (χ2n) is 6.23. The summed E-state index contributed by atoms with van der Waals surface area (Å²) in [5.74, 6) is 0.971. The van der Waals surface area contributed by atoms with E-state index in [1.165, 1.54) is 0 Å². The van der Waals surface area contributed by atoms with Gasteiger partial charge in [0.25, 0.3) is 0 Å². The van der Waals surface area contributed by atoms with Gasteiger partial charge in [0.2, 0.25) is 10.0 Å². The number of hydrazine groups is 1. The molecule has 1 aliphatic carbocycles. The third kappa shape index (κ3) is 2.60. The molecule has 3 fully saturated rings. The number of fused-ring (bicyclic) bond motifs is 1. The fraction of sp³-hybridized carbons (Fsp3) is 0.643. The minimum absolute atomic E-state index is 0.101. The lowest BCUT2D eigenvalue weighted by atomic mass is 9.98. The molecule has 1 aromatic rings. The Kier molecular flexibility index (Phi) is 3.56. The van der Waals surface area contributed by atoms with Crippen molar-refractivity contribution in [2.45, 2.75) is 30.2 Å². The first-order chi connectivity index (χ1) is 10.6. The Bertz CT molecular complexity index is 635. The van der Waals surface area contributed by atoms with Crippen molar-refractivity contribution >= 4 is 10.0 Å². The van der Waals surface area contributed by atoms with Gasteiger partial charge in [0.1, 0.15) is 12.4 Å². The first-order valence-corrected chi connectivity index (χ1v) is 9.18. The second kappa shape index (κ2) is 5.45. The van der Waals surface area contributed by atoms with Gasteiger partial charge in [-0.05, 0) is 25.0 Å². The Morgan fingerprint density at radius 2 is 2.18 bits per heavy atom. The van der Waals surface area contributed by atoms with Crippen molar-refractivity contribution < 1.29 is 13.2 Å². The van der Waals surface area contributed by atoms with Crippen LogP contribution in [-0.2, 0) is 10.0 Å². The van der Waals surface area contributed by atoms with E-state index in [1.807, 2.05) is 12.1 Å². The molecule has 4 rings (SSSR count). The molecule has 1 aromatic heterocycles. The lowest BCUT2D eigenvalue weighted by Crippen LogP contribution is -2.43. The molecule has 3 heterocycles. The molecular formula is C14H20N4O3S. The molecule has 0 bridgehead atoms. The van der Waals surface area contributed by atoms with Crippen LogP contribution in [0.2, 0.25) is 0 Å². The summed E-state index contributed by atoms with van der Waals surface area (Å²) in [6.07, 6.45) is 5.01. The SMILES string of the molecule is O=S(=O)(C1CC1)N1CC2NNC(COc3cccnc3)C2C1. The zero-order valence-electron chi connectivity index (χ0n) is 12.2. The van der Waals surface area contributed by atoms with Gasteiger partial charge >= 0.3 is 0 Å². The second-order valence-corrected chi connectivity index (χ2v) is 8.44. The van der Waals surface area contributed by atoms with Crippen molar-refractivity contribution in [1.82, 2.24) is 20.1 Å². The standard InChI is InChI=1S/C14H20N4O3S/c19-22(20,11-3-4-11)18-7-12-13(8-18)16-17-14(12)9-21-10-2-1-5-15-6-10/h1-2,5-6,11-14,16-17H,3-4,7-9H2. The molecule has 1 saturated carbocycles. The van der Waals surface area contributed by atoms with E-state index >= 15 is 0 Å². The normalized spacial score (nSPS) is 32.1. The van der Waals surface area contributed by atoms with Crippen molar-refractivity contribution in [3.8, 4) is 5.75 Å². The summed E-state index contributed by atoms with van der Waals surface area (Å²) in [5, 5.41) is -0.135. The first-order valence-electron chi connectivity index (χ1n) is 7.67. The molecule has 0 aromatic carbocycles. The highest BCUT2D eigenvalue weighted by atomic mass is 32.2. The van der Waals surface area contributed by atoms with Crippen LogP contribution in [0.4, 0.5) is 0 Å². The number of hydrogen-bond donors (Lipinski definition) is 2. The number of sulfonamides is 1. The number of hydrogen-bond acceptors (Lipinski definition) is 6. The molecule has 7 nitrogen and oxygen atoms in total. The van der Waals surface area contributed by atoms with Gasteiger partial charge in [0.05, 0.1) is 17.5 Å². The predicted octanol–water partition coefficient (Wildman–Crippen LogP) is -0.271. The Hall–Kier alpha value is -1.22. The van der Waals surface area contributed by atoms with Gasteiger partial charge in [-0.25, -0.2) is 8.42 Å². The number of ether oxygens (including phenoxy) is 1. The molecule has 22 heavy (non-hydrogen) atoms. The van der Waals surface area contributed by atoms with Gasteiger partial charge in [0, 0.05) is 31.2 Å². The predicted molar refractivity (Wildman–Crippen MR) is 80.6 cm³/mol. The molecule has 2 saturated heterocycles. The van der Waals surface area contributed by atoms with Crippen LogP contribution in [0.15, 0.2) is 24.5 Å². The minimum atomic E-state index is -3.08. The van der Waals surface area contributed by atoms with Crippen LogP contribution in [0.5, 0.6) is 5.75 Å². The molecule has 8 heteroatoms. The average Bonchev–Trinajstić information content (AvgIpc) is 3.19. The lowest BCUT2D eigenvalue weighted by Gasteiger charge is -2.20. The van der Waals surface area contributed by atoms with E-state index < -0.39 is 10.0 Å². The Morgan fingerprint density at radius 1 is 1.32 bits per heavy atom. The van der Waals surface area contributed by atoms with Crippen LogP contribution in [0.3, 0.4) is 0 Å². The van der Waals surface area contributed by atoms with Crippen LogP contribution < -0.4 is 15.6 Å². The topological polar surface area (TPSA) is 83.6 Å². The van der Waals surface area contributed by atoms with Crippen LogP contribution in [0.25, 0.3) is 0 Å². The molecule has 3 aliphatic rings. The van der Waals surface area contributed by atoms with Gasteiger partial charge in [0.15, 0.2) is 0 Å². The molecule has 2 aliphatic heterocycles.